The molecule has 12 heteroatoms. The average Bonchev–Trinajstić information content (AvgIpc) is 3.19. The minimum absolute atomic E-state index is 0.0202. The van der Waals surface area contributed by atoms with Gasteiger partial charge in [-0.3, -0.25) is 14.8 Å². The van der Waals surface area contributed by atoms with Crippen LogP contribution in [0.25, 0.3) is 0 Å². The third kappa shape index (κ3) is 5.12. The lowest BCUT2D eigenvalue weighted by Gasteiger charge is -2.08. The predicted octanol–water partition coefficient (Wildman–Crippen LogP) is 3.42. The Morgan fingerprint density at radius 2 is 1.87 bits per heavy atom. The molecule has 0 radical (unpaired) electrons. The highest BCUT2D eigenvalue weighted by atomic mass is 35.5. The number of hydrogen-bond donors (Lipinski definition) is 2. The summed E-state index contributed by atoms with van der Waals surface area (Å²) in [6, 6.07) is 12.4. The minimum atomic E-state index is -4.11. The first-order chi connectivity index (χ1) is 14.3. The second-order valence-electron chi connectivity index (χ2n) is 5.71. The summed E-state index contributed by atoms with van der Waals surface area (Å²) in [5, 5.41) is 9.96. The van der Waals surface area contributed by atoms with Crippen LogP contribution >= 0.6 is 22.9 Å². The lowest BCUT2D eigenvalue weighted by molar-refractivity contribution is 0.0526. The number of anilines is 2. The van der Waals surface area contributed by atoms with E-state index in [1.165, 1.54) is 18.2 Å². The molecular formula is C18H15ClN4O5S2. The van der Waals surface area contributed by atoms with Crippen molar-refractivity contribution >= 4 is 55.7 Å². The van der Waals surface area contributed by atoms with Gasteiger partial charge in [-0.05, 0) is 37.3 Å². The van der Waals surface area contributed by atoms with Crippen molar-refractivity contribution in [2.45, 2.75) is 11.3 Å². The Hall–Kier alpha value is -3.02. The highest BCUT2D eigenvalue weighted by Gasteiger charge is 2.22. The van der Waals surface area contributed by atoms with Gasteiger partial charge in [0.1, 0.15) is 0 Å². The molecule has 1 aromatic heterocycles. The molecule has 0 saturated heterocycles. The maximum Gasteiger partial charge on any atom is 0.339 e. The molecular weight excluding hydrogens is 452 g/mol. The predicted molar refractivity (Wildman–Crippen MR) is 113 cm³/mol. The Kier molecular flexibility index (Phi) is 6.65. The molecule has 0 unspecified atom stereocenters. The summed E-state index contributed by atoms with van der Waals surface area (Å²) >= 11 is 6.66. The van der Waals surface area contributed by atoms with Crippen molar-refractivity contribution < 1.29 is 22.7 Å². The Morgan fingerprint density at radius 1 is 1.13 bits per heavy atom. The number of ether oxygens (including phenoxy) is 1. The smallest absolute Gasteiger partial charge is 0.339 e. The zero-order valence-corrected chi connectivity index (χ0v) is 17.8. The number of carbonyl (C=O) groups is 2. The van der Waals surface area contributed by atoms with E-state index in [0.29, 0.717) is 16.9 Å². The van der Waals surface area contributed by atoms with E-state index in [2.05, 4.69) is 20.2 Å². The standard InChI is InChI=1S/C18H15ClN4O5S2/c1-2-28-16(25)13-10-12(8-9-14(13)19)23-30(26,27)18-22-21-17(29-18)20-15(24)11-6-4-3-5-7-11/h3-10,23H,2H2,1H3,(H,20,21,24). The molecule has 2 N–H and O–H groups in total. The van der Waals surface area contributed by atoms with Crippen LogP contribution in [0, 0.1) is 0 Å². The number of nitrogens with zero attached hydrogens (tertiary/aromatic N) is 2. The molecule has 0 spiro atoms. The summed E-state index contributed by atoms with van der Waals surface area (Å²) in [6.45, 7) is 1.79. The summed E-state index contributed by atoms with van der Waals surface area (Å²) in [7, 11) is -4.11. The van der Waals surface area contributed by atoms with Crippen LogP contribution in [0.2, 0.25) is 5.02 Å². The Morgan fingerprint density at radius 3 is 2.57 bits per heavy atom. The normalized spacial score (nSPS) is 11.0. The summed E-state index contributed by atoms with van der Waals surface area (Å²) in [6.07, 6.45) is 0. The third-order valence-electron chi connectivity index (χ3n) is 3.61. The molecule has 2 aromatic carbocycles. The third-order valence-corrected chi connectivity index (χ3v) is 6.52. The molecule has 0 aliphatic carbocycles. The number of carbonyl (C=O) groups excluding carboxylic acids is 2. The van der Waals surface area contributed by atoms with E-state index in [1.54, 1.807) is 37.3 Å². The number of amides is 1. The maximum atomic E-state index is 12.6. The fourth-order valence-corrected chi connectivity index (χ4v) is 4.42. The molecule has 30 heavy (non-hydrogen) atoms. The van der Waals surface area contributed by atoms with Crippen molar-refractivity contribution in [1.29, 1.82) is 0 Å². The van der Waals surface area contributed by atoms with Crippen LogP contribution in [-0.4, -0.2) is 37.1 Å². The Bertz CT molecular complexity index is 1180. The van der Waals surface area contributed by atoms with Crippen molar-refractivity contribution in [1.82, 2.24) is 10.2 Å². The fraction of sp³-hybridized carbons (Fsp3) is 0.111. The molecule has 0 aliphatic rings. The number of halogens is 1. The zero-order valence-electron chi connectivity index (χ0n) is 15.5. The van der Waals surface area contributed by atoms with Gasteiger partial charge in [0.25, 0.3) is 20.3 Å². The van der Waals surface area contributed by atoms with Crippen molar-refractivity contribution in [3.05, 3.63) is 64.7 Å². The van der Waals surface area contributed by atoms with Crippen molar-refractivity contribution in [3.63, 3.8) is 0 Å². The van der Waals surface area contributed by atoms with Gasteiger partial charge >= 0.3 is 5.97 Å². The minimum Gasteiger partial charge on any atom is -0.462 e. The van der Waals surface area contributed by atoms with Gasteiger partial charge in [0, 0.05) is 11.3 Å². The first-order valence-corrected chi connectivity index (χ1v) is 11.2. The molecule has 0 bridgehead atoms. The van der Waals surface area contributed by atoms with Crippen molar-refractivity contribution in [2.24, 2.45) is 0 Å². The van der Waals surface area contributed by atoms with Crippen LogP contribution < -0.4 is 10.0 Å². The molecule has 3 rings (SSSR count). The molecule has 0 fully saturated rings. The SMILES string of the molecule is CCOC(=O)c1cc(NS(=O)(=O)c2nnc(NC(=O)c3ccccc3)s2)ccc1Cl. The highest BCUT2D eigenvalue weighted by Crippen LogP contribution is 2.26. The first-order valence-electron chi connectivity index (χ1n) is 8.49. The van der Waals surface area contributed by atoms with E-state index in [9.17, 15) is 18.0 Å². The molecule has 0 saturated carbocycles. The molecule has 3 aromatic rings. The second-order valence-corrected chi connectivity index (χ2v) is 8.95. The van der Waals surface area contributed by atoms with E-state index in [4.69, 9.17) is 16.3 Å². The quantitative estimate of drug-likeness (QED) is 0.403. The topological polar surface area (TPSA) is 127 Å². The maximum absolute atomic E-state index is 12.6. The summed E-state index contributed by atoms with van der Waals surface area (Å²) < 4.78 is 32.0. The largest absolute Gasteiger partial charge is 0.462 e. The number of sulfonamides is 1. The van der Waals surface area contributed by atoms with Gasteiger partial charge in [0.2, 0.25) is 5.13 Å². The summed E-state index contributed by atoms with van der Waals surface area (Å²) in [5.74, 6) is -1.12. The van der Waals surface area contributed by atoms with Crippen molar-refractivity contribution in [2.75, 3.05) is 16.6 Å². The lowest BCUT2D eigenvalue weighted by Crippen LogP contribution is -2.14. The van der Waals surface area contributed by atoms with E-state index >= 15 is 0 Å². The van der Waals surface area contributed by atoms with Crippen LogP contribution in [0.15, 0.2) is 52.9 Å². The van der Waals surface area contributed by atoms with Gasteiger partial charge < -0.3 is 4.74 Å². The van der Waals surface area contributed by atoms with E-state index < -0.39 is 21.9 Å². The second kappa shape index (κ2) is 9.20. The fourth-order valence-electron chi connectivity index (χ4n) is 2.28. The van der Waals surface area contributed by atoms with Crippen molar-refractivity contribution in [3.8, 4) is 0 Å². The molecule has 0 aliphatic heterocycles. The molecule has 1 amide bonds. The Balaban J connectivity index is 1.76. The van der Waals surface area contributed by atoms with Gasteiger partial charge in [-0.2, -0.15) is 8.42 Å². The van der Waals surface area contributed by atoms with Gasteiger partial charge in [-0.1, -0.05) is 41.1 Å². The number of hydrogen-bond acceptors (Lipinski definition) is 8. The lowest BCUT2D eigenvalue weighted by atomic mass is 10.2. The molecule has 1 heterocycles. The van der Waals surface area contributed by atoms with Crippen LogP contribution in [0.5, 0.6) is 0 Å². The van der Waals surface area contributed by atoms with Gasteiger partial charge in [0.05, 0.1) is 17.2 Å². The molecule has 156 valence electrons. The summed E-state index contributed by atoms with van der Waals surface area (Å²) in [5.41, 5.74) is 0.502. The van der Waals surface area contributed by atoms with Crippen LogP contribution in [0.4, 0.5) is 10.8 Å². The highest BCUT2D eigenvalue weighted by molar-refractivity contribution is 7.94. The molecule has 9 nitrogen and oxygen atoms in total. The van der Waals surface area contributed by atoms with Gasteiger partial charge in [-0.25, -0.2) is 4.79 Å². The number of rotatable bonds is 7. The van der Waals surface area contributed by atoms with E-state index in [-0.39, 0.29) is 32.4 Å². The van der Waals surface area contributed by atoms with Crippen LogP contribution in [-0.2, 0) is 14.8 Å². The monoisotopic (exact) mass is 466 g/mol. The zero-order chi connectivity index (χ0) is 21.7. The number of esters is 1. The van der Waals surface area contributed by atoms with Crippen LogP contribution in [0.1, 0.15) is 27.6 Å². The summed E-state index contributed by atoms with van der Waals surface area (Å²) in [4.78, 5) is 24.1. The van der Waals surface area contributed by atoms with Crippen LogP contribution in [0.3, 0.4) is 0 Å². The number of aromatic nitrogens is 2. The van der Waals surface area contributed by atoms with Gasteiger partial charge in [0.15, 0.2) is 0 Å². The average molecular weight is 467 g/mol. The Labute approximate surface area is 181 Å². The number of nitrogens with one attached hydrogen (secondary N) is 2. The first kappa shape index (κ1) is 21.7. The number of benzene rings is 2. The van der Waals surface area contributed by atoms with Gasteiger partial charge in [-0.15, -0.1) is 10.2 Å². The molecule has 0 atom stereocenters. The van der Waals surface area contributed by atoms with E-state index in [0.717, 1.165) is 0 Å². The van der Waals surface area contributed by atoms with E-state index in [1.807, 2.05) is 0 Å².